The molecule has 0 atom stereocenters. The lowest BCUT2D eigenvalue weighted by Gasteiger charge is -2.02. The number of nitrogens with one attached hydrogen (secondary N) is 1. The van der Waals surface area contributed by atoms with Crippen molar-refractivity contribution in [3.05, 3.63) is 53.6 Å². The second kappa shape index (κ2) is 4.97. The maximum absolute atomic E-state index is 5.94. The van der Waals surface area contributed by atoms with Crippen LogP contribution < -0.4 is 5.73 Å². The topological polar surface area (TPSA) is 54.7 Å². The van der Waals surface area contributed by atoms with Gasteiger partial charge in [0.1, 0.15) is 0 Å². The zero-order valence-electron chi connectivity index (χ0n) is 10.7. The highest BCUT2D eigenvalue weighted by atomic mass is 32.2. The molecule has 0 saturated heterocycles. The fourth-order valence-corrected chi connectivity index (χ4v) is 2.87. The molecule has 1 aromatic heterocycles. The summed E-state index contributed by atoms with van der Waals surface area (Å²) in [6, 6.07) is 14.2. The molecule has 4 heteroatoms. The summed E-state index contributed by atoms with van der Waals surface area (Å²) in [5, 5.41) is 0.934. The Bertz CT molecular complexity index is 718. The first-order valence-corrected chi connectivity index (χ1v) is 7.13. The van der Waals surface area contributed by atoms with Crippen LogP contribution in [0.5, 0.6) is 0 Å². The van der Waals surface area contributed by atoms with Crippen molar-refractivity contribution in [2.45, 2.75) is 17.8 Å². The van der Waals surface area contributed by atoms with Gasteiger partial charge < -0.3 is 10.7 Å². The highest BCUT2D eigenvalue weighted by Crippen LogP contribution is 2.25. The second-order valence-corrected chi connectivity index (χ2v) is 5.51. The third-order valence-electron chi connectivity index (χ3n) is 3.04. The standard InChI is InChI=1S/C15H15N3S/c1-10-6-7-13-14(8-10)18-15(17-13)19-9-11-4-2-3-5-12(11)16/h2-8H,9,16H2,1H3,(H,17,18). The molecule has 3 aromatic rings. The summed E-state index contributed by atoms with van der Waals surface area (Å²) in [6.07, 6.45) is 0. The maximum atomic E-state index is 5.94. The number of nitrogens with two attached hydrogens (primary N) is 1. The molecule has 0 unspecified atom stereocenters. The van der Waals surface area contributed by atoms with E-state index >= 15 is 0 Å². The number of rotatable bonds is 3. The first-order valence-electron chi connectivity index (χ1n) is 6.15. The zero-order valence-corrected chi connectivity index (χ0v) is 11.5. The smallest absolute Gasteiger partial charge is 0.166 e. The minimum Gasteiger partial charge on any atom is -0.398 e. The second-order valence-electron chi connectivity index (χ2n) is 4.55. The van der Waals surface area contributed by atoms with Crippen LogP contribution in [0.2, 0.25) is 0 Å². The molecule has 3 nitrogen and oxygen atoms in total. The number of benzene rings is 2. The van der Waals surface area contributed by atoms with Crippen molar-refractivity contribution in [3.63, 3.8) is 0 Å². The molecular formula is C15H15N3S. The average Bonchev–Trinajstić information content (AvgIpc) is 2.79. The Kier molecular flexibility index (Phi) is 3.17. The molecule has 0 fully saturated rings. The summed E-state index contributed by atoms with van der Waals surface area (Å²) in [7, 11) is 0. The van der Waals surface area contributed by atoms with E-state index in [0.717, 1.165) is 33.2 Å². The number of thioether (sulfide) groups is 1. The van der Waals surface area contributed by atoms with Crippen LogP contribution in [0, 0.1) is 6.92 Å². The minimum absolute atomic E-state index is 0.825. The molecule has 0 saturated carbocycles. The number of anilines is 1. The lowest BCUT2D eigenvalue weighted by Crippen LogP contribution is -1.91. The van der Waals surface area contributed by atoms with Crippen LogP contribution in [0.15, 0.2) is 47.6 Å². The van der Waals surface area contributed by atoms with Crippen molar-refractivity contribution in [1.82, 2.24) is 9.97 Å². The van der Waals surface area contributed by atoms with E-state index < -0.39 is 0 Å². The van der Waals surface area contributed by atoms with E-state index in [9.17, 15) is 0 Å². The summed E-state index contributed by atoms with van der Waals surface area (Å²) >= 11 is 1.67. The molecule has 0 radical (unpaired) electrons. The molecule has 0 aliphatic carbocycles. The van der Waals surface area contributed by atoms with Gasteiger partial charge in [-0.15, -0.1) is 0 Å². The normalized spacial score (nSPS) is 11.0. The molecule has 0 amide bonds. The number of para-hydroxylation sites is 1. The number of nitrogen functional groups attached to an aromatic ring is 1. The van der Waals surface area contributed by atoms with Crippen LogP contribution >= 0.6 is 11.8 Å². The number of fused-ring (bicyclic) bond motifs is 1. The first-order chi connectivity index (χ1) is 9.22. The Labute approximate surface area is 116 Å². The molecule has 0 aliphatic heterocycles. The Morgan fingerprint density at radius 2 is 2.05 bits per heavy atom. The van der Waals surface area contributed by atoms with Crippen molar-refractivity contribution in [2.24, 2.45) is 0 Å². The highest BCUT2D eigenvalue weighted by molar-refractivity contribution is 7.98. The number of aromatic nitrogens is 2. The predicted octanol–water partition coefficient (Wildman–Crippen LogP) is 3.75. The van der Waals surface area contributed by atoms with Gasteiger partial charge in [-0.2, -0.15) is 0 Å². The van der Waals surface area contributed by atoms with Crippen LogP contribution in [-0.2, 0) is 5.75 Å². The summed E-state index contributed by atoms with van der Waals surface area (Å²) < 4.78 is 0. The SMILES string of the molecule is Cc1ccc2[nH]c(SCc3ccccc3N)nc2c1. The molecule has 19 heavy (non-hydrogen) atoms. The number of hydrogen-bond donors (Lipinski definition) is 2. The van der Waals surface area contributed by atoms with Gasteiger partial charge in [0.25, 0.3) is 0 Å². The molecular weight excluding hydrogens is 254 g/mol. The van der Waals surface area contributed by atoms with Crippen molar-refractivity contribution in [1.29, 1.82) is 0 Å². The lowest BCUT2D eigenvalue weighted by molar-refractivity contribution is 1.08. The molecule has 3 N–H and O–H groups in total. The van der Waals surface area contributed by atoms with Gasteiger partial charge in [-0.1, -0.05) is 36.0 Å². The van der Waals surface area contributed by atoms with Crippen molar-refractivity contribution in [2.75, 3.05) is 5.73 Å². The van der Waals surface area contributed by atoms with E-state index in [1.165, 1.54) is 5.56 Å². The predicted molar refractivity (Wildman–Crippen MR) is 81.2 cm³/mol. The van der Waals surface area contributed by atoms with E-state index in [0.29, 0.717) is 0 Å². The highest BCUT2D eigenvalue weighted by Gasteiger charge is 2.05. The number of hydrogen-bond acceptors (Lipinski definition) is 3. The van der Waals surface area contributed by atoms with E-state index in [1.807, 2.05) is 18.2 Å². The Morgan fingerprint density at radius 3 is 2.89 bits per heavy atom. The molecule has 0 bridgehead atoms. The average molecular weight is 269 g/mol. The van der Waals surface area contributed by atoms with Gasteiger partial charge >= 0.3 is 0 Å². The van der Waals surface area contributed by atoms with Gasteiger partial charge in [0.2, 0.25) is 0 Å². The van der Waals surface area contributed by atoms with Crippen molar-refractivity contribution >= 4 is 28.5 Å². The van der Waals surface area contributed by atoms with Crippen LogP contribution in [0.1, 0.15) is 11.1 Å². The Balaban J connectivity index is 1.80. The monoisotopic (exact) mass is 269 g/mol. The molecule has 3 rings (SSSR count). The van der Waals surface area contributed by atoms with Crippen LogP contribution in [0.3, 0.4) is 0 Å². The Morgan fingerprint density at radius 1 is 1.21 bits per heavy atom. The molecule has 0 spiro atoms. The summed E-state index contributed by atoms with van der Waals surface area (Å²) in [5.74, 6) is 0.825. The van der Waals surface area contributed by atoms with Crippen LogP contribution in [0.25, 0.3) is 11.0 Å². The van der Waals surface area contributed by atoms with E-state index in [1.54, 1.807) is 11.8 Å². The number of aryl methyl sites for hydroxylation is 1. The third kappa shape index (κ3) is 2.58. The van der Waals surface area contributed by atoms with Crippen molar-refractivity contribution in [3.8, 4) is 0 Å². The Hall–Kier alpha value is -1.94. The van der Waals surface area contributed by atoms with Gasteiger partial charge in [-0.25, -0.2) is 4.98 Å². The number of aromatic amines is 1. The summed E-state index contributed by atoms with van der Waals surface area (Å²) in [4.78, 5) is 7.91. The van der Waals surface area contributed by atoms with Gasteiger partial charge in [-0.05, 0) is 36.2 Å². The quantitative estimate of drug-likeness (QED) is 0.562. The lowest BCUT2D eigenvalue weighted by atomic mass is 10.2. The largest absolute Gasteiger partial charge is 0.398 e. The molecule has 0 aliphatic rings. The molecule has 96 valence electrons. The van der Waals surface area contributed by atoms with E-state index in [-0.39, 0.29) is 0 Å². The van der Waals surface area contributed by atoms with Crippen LogP contribution in [0.4, 0.5) is 5.69 Å². The zero-order chi connectivity index (χ0) is 13.2. The van der Waals surface area contributed by atoms with Crippen molar-refractivity contribution < 1.29 is 0 Å². The number of nitrogens with zero attached hydrogens (tertiary/aromatic N) is 1. The van der Waals surface area contributed by atoms with Crippen LogP contribution in [-0.4, -0.2) is 9.97 Å². The van der Waals surface area contributed by atoms with Gasteiger partial charge in [-0.3, -0.25) is 0 Å². The van der Waals surface area contributed by atoms with Gasteiger partial charge in [0.15, 0.2) is 5.16 Å². The van der Waals surface area contributed by atoms with Gasteiger partial charge in [0, 0.05) is 11.4 Å². The fourth-order valence-electron chi connectivity index (χ4n) is 1.97. The summed E-state index contributed by atoms with van der Waals surface area (Å²) in [5.41, 5.74) is 11.2. The number of H-pyrrole nitrogens is 1. The fraction of sp³-hybridized carbons (Fsp3) is 0.133. The maximum Gasteiger partial charge on any atom is 0.166 e. The van der Waals surface area contributed by atoms with E-state index in [4.69, 9.17) is 5.73 Å². The summed E-state index contributed by atoms with van der Waals surface area (Å²) in [6.45, 7) is 2.08. The molecule has 1 heterocycles. The van der Waals surface area contributed by atoms with Gasteiger partial charge in [0.05, 0.1) is 11.0 Å². The number of imidazole rings is 1. The third-order valence-corrected chi connectivity index (χ3v) is 3.96. The molecule has 2 aromatic carbocycles. The van der Waals surface area contributed by atoms with E-state index in [2.05, 4.69) is 41.2 Å². The first kappa shape index (κ1) is 12.1. The minimum atomic E-state index is 0.825.